The van der Waals surface area contributed by atoms with Crippen LogP contribution in [0.4, 0.5) is 0 Å². The first-order valence-corrected chi connectivity index (χ1v) is 8.69. The zero-order valence-corrected chi connectivity index (χ0v) is 15.1. The summed E-state index contributed by atoms with van der Waals surface area (Å²) in [7, 11) is 0. The number of ether oxygens (including phenoxy) is 1. The second-order valence-electron chi connectivity index (χ2n) is 7.52. The molecule has 2 aliphatic rings. The van der Waals surface area contributed by atoms with Gasteiger partial charge in [0.05, 0.1) is 11.5 Å². The maximum Gasteiger partial charge on any atom is 0.328 e. The van der Waals surface area contributed by atoms with Gasteiger partial charge in [0.1, 0.15) is 5.76 Å². The van der Waals surface area contributed by atoms with E-state index < -0.39 is 17.2 Å². The van der Waals surface area contributed by atoms with Crippen LogP contribution in [-0.2, 0) is 4.79 Å². The molecule has 26 heavy (non-hydrogen) atoms. The SMILES string of the molecule is CC1(C)CC(=O)C2=C(C1)Oc1[nH]c(=O)[nH]c(=O)c1C2c1cccc(Cl)c1. The fourth-order valence-electron chi connectivity index (χ4n) is 3.80. The van der Waals surface area contributed by atoms with Gasteiger partial charge in [0.15, 0.2) is 5.78 Å². The fourth-order valence-corrected chi connectivity index (χ4v) is 3.99. The van der Waals surface area contributed by atoms with Crippen molar-refractivity contribution in [3.8, 4) is 5.88 Å². The largest absolute Gasteiger partial charge is 0.444 e. The number of H-pyrrole nitrogens is 2. The molecule has 2 heterocycles. The van der Waals surface area contributed by atoms with Crippen LogP contribution in [0.5, 0.6) is 5.88 Å². The van der Waals surface area contributed by atoms with Gasteiger partial charge >= 0.3 is 5.69 Å². The number of halogens is 1. The number of fused-ring (bicyclic) bond motifs is 1. The van der Waals surface area contributed by atoms with Crippen LogP contribution in [0.1, 0.15) is 43.7 Å². The van der Waals surface area contributed by atoms with Gasteiger partial charge in [0.2, 0.25) is 5.88 Å². The third-order valence-corrected chi connectivity index (χ3v) is 5.04. The number of aromatic nitrogens is 2. The monoisotopic (exact) mass is 372 g/mol. The molecule has 134 valence electrons. The van der Waals surface area contributed by atoms with E-state index in [4.69, 9.17) is 16.3 Å². The maximum absolute atomic E-state index is 12.9. The van der Waals surface area contributed by atoms with E-state index in [1.165, 1.54) is 0 Å². The molecule has 0 amide bonds. The van der Waals surface area contributed by atoms with Crippen LogP contribution in [0.15, 0.2) is 45.2 Å². The van der Waals surface area contributed by atoms with Gasteiger partial charge in [-0.3, -0.25) is 19.6 Å². The average molecular weight is 373 g/mol. The highest BCUT2D eigenvalue weighted by atomic mass is 35.5. The molecule has 2 aromatic rings. The smallest absolute Gasteiger partial charge is 0.328 e. The van der Waals surface area contributed by atoms with Crippen LogP contribution in [0.25, 0.3) is 0 Å². The van der Waals surface area contributed by atoms with Crippen molar-refractivity contribution in [2.75, 3.05) is 0 Å². The standard InChI is InChI=1S/C19H17ClN2O4/c1-19(2)7-11(23)14-12(8-19)26-17-15(16(24)21-18(25)22-17)13(14)9-4-3-5-10(20)6-9/h3-6,13H,7-8H2,1-2H3,(H2,21,22,24,25). The Morgan fingerprint density at radius 1 is 1.15 bits per heavy atom. The molecule has 1 unspecified atom stereocenters. The number of benzene rings is 1. The van der Waals surface area contributed by atoms with Gasteiger partial charge in [-0.15, -0.1) is 0 Å². The highest BCUT2D eigenvalue weighted by Gasteiger charge is 2.43. The lowest BCUT2D eigenvalue weighted by Gasteiger charge is -2.37. The topological polar surface area (TPSA) is 92.0 Å². The molecule has 2 N–H and O–H groups in total. The van der Waals surface area contributed by atoms with Crippen molar-refractivity contribution in [3.05, 3.63) is 72.6 Å². The van der Waals surface area contributed by atoms with Crippen molar-refractivity contribution >= 4 is 17.4 Å². The predicted molar refractivity (Wildman–Crippen MR) is 96.7 cm³/mol. The lowest BCUT2D eigenvalue weighted by molar-refractivity contribution is -0.118. The van der Waals surface area contributed by atoms with Crippen molar-refractivity contribution < 1.29 is 9.53 Å². The summed E-state index contributed by atoms with van der Waals surface area (Å²) in [4.78, 5) is 42.0. The summed E-state index contributed by atoms with van der Waals surface area (Å²) < 4.78 is 5.84. The Labute approximate surface area is 153 Å². The Bertz CT molecular complexity index is 1080. The second-order valence-corrected chi connectivity index (χ2v) is 7.96. The van der Waals surface area contributed by atoms with Gasteiger partial charge in [0, 0.05) is 23.4 Å². The molecule has 1 aliphatic carbocycles. The summed E-state index contributed by atoms with van der Waals surface area (Å²) in [6, 6.07) is 7.03. The quantitative estimate of drug-likeness (QED) is 0.805. The number of Topliss-reactive ketones (excluding diaryl/α,β-unsaturated/α-hetero) is 1. The molecule has 0 saturated carbocycles. The molecule has 7 heteroatoms. The minimum absolute atomic E-state index is 0.0579. The van der Waals surface area contributed by atoms with E-state index in [1.54, 1.807) is 18.2 Å². The molecular weight excluding hydrogens is 356 g/mol. The van der Waals surface area contributed by atoms with Crippen molar-refractivity contribution in [3.63, 3.8) is 0 Å². The minimum Gasteiger partial charge on any atom is -0.444 e. The Morgan fingerprint density at radius 3 is 2.65 bits per heavy atom. The van der Waals surface area contributed by atoms with E-state index >= 15 is 0 Å². The predicted octanol–water partition coefficient (Wildman–Crippen LogP) is 2.88. The highest BCUT2D eigenvalue weighted by Crippen LogP contribution is 2.48. The highest BCUT2D eigenvalue weighted by molar-refractivity contribution is 6.30. The van der Waals surface area contributed by atoms with Gasteiger partial charge in [-0.1, -0.05) is 37.6 Å². The van der Waals surface area contributed by atoms with E-state index in [1.807, 2.05) is 19.9 Å². The van der Waals surface area contributed by atoms with Crippen LogP contribution >= 0.6 is 11.6 Å². The van der Waals surface area contributed by atoms with Gasteiger partial charge < -0.3 is 4.74 Å². The van der Waals surface area contributed by atoms with E-state index in [-0.39, 0.29) is 22.6 Å². The number of rotatable bonds is 1. The van der Waals surface area contributed by atoms with Gasteiger partial charge in [0.25, 0.3) is 5.56 Å². The van der Waals surface area contributed by atoms with Crippen LogP contribution < -0.4 is 16.0 Å². The average Bonchev–Trinajstić information content (AvgIpc) is 2.51. The van der Waals surface area contributed by atoms with Crippen LogP contribution in [0.3, 0.4) is 0 Å². The number of allylic oxidation sites excluding steroid dienone is 2. The first kappa shape index (κ1) is 16.8. The van der Waals surface area contributed by atoms with E-state index in [9.17, 15) is 14.4 Å². The summed E-state index contributed by atoms with van der Waals surface area (Å²) in [6.07, 6.45) is 0.905. The molecular formula is C19H17ClN2O4. The molecule has 1 aliphatic heterocycles. The Balaban J connectivity index is 2.02. The second kappa shape index (κ2) is 5.71. The first-order valence-electron chi connectivity index (χ1n) is 8.31. The van der Waals surface area contributed by atoms with Gasteiger partial charge in [-0.25, -0.2) is 4.79 Å². The summed E-state index contributed by atoms with van der Waals surface area (Å²) in [5.41, 5.74) is -0.0780. The van der Waals surface area contributed by atoms with Gasteiger partial charge in [-0.05, 0) is 23.1 Å². The van der Waals surface area contributed by atoms with Crippen LogP contribution in [0.2, 0.25) is 5.02 Å². The fraction of sp³-hybridized carbons (Fsp3) is 0.316. The molecule has 0 bridgehead atoms. The number of nitrogens with one attached hydrogen (secondary N) is 2. The minimum atomic E-state index is -0.649. The summed E-state index contributed by atoms with van der Waals surface area (Å²) in [5, 5.41) is 0.502. The summed E-state index contributed by atoms with van der Waals surface area (Å²) in [5.74, 6) is -0.0907. The summed E-state index contributed by atoms with van der Waals surface area (Å²) >= 11 is 6.14. The molecule has 1 atom stereocenters. The number of aromatic amines is 2. The zero-order valence-electron chi connectivity index (χ0n) is 14.3. The Morgan fingerprint density at radius 2 is 1.92 bits per heavy atom. The molecule has 0 fully saturated rings. The zero-order chi connectivity index (χ0) is 18.6. The van der Waals surface area contributed by atoms with Crippen molar-refractivity contribution in [1.29, 1.82) is 0 Å². The van der Waals surface area contributed by atoms with Crippen molar-refractivity contribution in [1.82, 2.24) is 9.97 Å². The van der Waals surface area contributed by atoms with Crippen LogP contribution in [-0.4, -0.2) is 15.8 Å². The molecule has 0 saturated heterocycles. The molecule has 6 nitrogen and oxygen atoms in total. The lowest BCUT2D eigenvalue weighted by atomic mass is 9.70. The van der Waals surface area contributed by atoms with E-state index in [0.717, 1.165) is 0 Å². The molecule has 4 rings (SSSR count). The van der Waals surface area contributed by atoms with Crippen molar-refractivity contribution in [2.24, 2.45) is 5.41 Å². The number of hydrogen-bond donors (Lipinski definition) is 2. The number of hydrogen-bond acceptors (Lipinski definition) is 4. The van der Waals surface area contributed by atoms with Crippen LogP contribution in [0, 0.1) is 5.41 Å². The van der Waals surface area contributed by atoms with E-state index in [0.29, 0.717) is 34.8 Å². The number of ketones is 1. The van der Waals surface area contributed by atoms with E-state index in [2.05, 4.69) is 9.97 Å². The molecule has 0 radical (unpaired) electrons. The normalized spacial score (nSPS) is 21.0. The first-order chi connectivity index (χ1) is 12.2. The summed E-state index contributed by atoms with van der Waals surface area (Å²) in [6.45, 7) is 3.98. The lowest BCUT2D eigenvalue weighted by Crippen LogP contribution is -2.37. The maximum atomic E-state index is 12.9. The van der Waals surface area contributed by atoms with Crippen molar-refractivity contribution in [2.45, 2.75) is 32.6 Å². The number of carbonyl (C=O) groups excluding carboxylic acids is 1. The Hall–Kier alpha value is -2.60. The molecule has 1 aromatic carbocycles. The number of carbonyl (C=O) groups is 1. The molecule has 1 aromatic heterocycles. The third-order valence-electron chi connectivity index (χ3n) is 4.81. The Kier molecular flexibility index (Phi) is 3.70. The third kappa shape index (κ3) is 2.70. The molecule has 0 spiro atoms. The van der Waals surface area contributed by atoms with Gasteiger partial charge in [-0.2, -0.15) is 0 Å².